The van der Waals surface area contributed by atoms with Gasteiger partial charge in [-0.15, -0.1) is 0 Å². The van der Waals surface area contributed by atoms with Crippen LogP contribution in [0.4, 0.5) is 26.3 Å². The second kappa shape index (κ2) is 0.976. The maximum absolute atomic E-state index is 13.5. The van der Waals surface area contributed by atoms with Crippen LogP contribution in [0.5, 0.6) is 0 Å². The van der Waals surface area contributed by atoms with Crippen LogP contribution < -0.4 is 0 Å². The third kappa shape index (κ3) is 0.162. The Balaban J connectivity index is 1.90. The highest BCUT2D eigenvalue weighted by molar-refractivity contribution is 5.84. The van der Waals surface area contributed by atoms with Crippen LogP contribution in [0, 0.1) is 11.8 Å². The van der Waals surface area contributed by atoms with E-state index in [1.54, 1.807) is 0 Å². The van der Waals surface area contributed by atoms with Crippen LogP contribution in [-0.4, -0.2) is 34.0 Å². The quantitative estimate of drug-likeness (QED) is 0.534. The number of alkyl halides is 6. The molecule has 0 amide bonds. The Hall–Kier alpha value is -0.420. The molecule has 0 N–H and O–H groups in total. The first-order chi connectivity index (χ1) is 6.23. The molecule has 0 aromatic rings. The molecule has 0 nitrogen and oxygen atoms in total. The zero-order valence-electron chi connectivity index (χ0n) is 6.42. The third-order valence-electron chi connectivity index (χ3n) is 5.54. The van der Waals surface area contributed by atoms with Crippen molar-refractivity contribution in [1.29, 1.82) is 0 Å². The number of hydrogen-bond donors (Lipinski definition) is 0. The van der Waals surface area contributed by atoms with Gasteiger partial charge in [0.05, 0.1) is 11.8 Å². The average molecular weight is 212 g/mol. The molecule has 6 heteroatoms. The summed E-state index contributed by atoms with van der Waals surface area (Å²) in [7, 11) is 0. The van der Waals surface area contributed by atoms with Gasteiger partial charge in [-0.1, -0.05) is 0 Å². The number of rotatable bonds is 0. The molecule has 6 saturated carbocycles. The molecule has 0 saturated heterocycles. The molecule has 0 aliphatic heterocycles. The van der Waals surface area contributed by atoms with E-state index in [1.807, 2.05) is 0 Å². The molecule has 6 rings (SSSR count). The first-order valence-electron chi connectivity index (χ1n) is 4.37. The van der Waals surface area contributed by atoms with Crippen LogP contribution in [0.25, 0.3) is 0 Å². The average Bonchev–Trinajstić information content (AvgIpc) is 2.10. The predicted molar refractivity (Wildman–Crippen MR) is 30.0 cm³/mol. The van der Waals surface area contributed by atoms with E-state index in [-0.39, 0.29) is 0 Å². The lowest BCUT2D eigenvalue weighted by molar-refractivity contribution is -0.748. The van der Waals surface area contributed by atoms with Gasteiger partial charge in [0, 0.05) is 0 Å². The van der Waals surface area contributed by atoms with Crippen molar-refractivity contribution in [1.82, 2.24) is 0 Å². The number of halogens is 6. The highest BCUT2D eigenvalue weighted by Crippen LogP contribution is 3.13. The van der Waals surface area contributed by atoms with Gasteiger partial charge in [0.1, 0.15) is 0 Å². The largest absolute Gasteiger partial charge is 0.239 e. The van der Waals surface area contributed by atoms with E-state index in [4.69, 9.17) is 0 Å². The van der Waals surface area contributed by atoms with Crippen LogP contribution in [-0.2, 0) is 0 Å². The monoisotopic (exact) mass is 212 g/mol. The molecule has 0 aromatic heterocycles. The van der Waals surface area contributed by atoms with E-state index >= 15 is 0 Å². The van der Waals surface area contributed by atoms with Gasteiger partial charge in [-0.3, -0.25) is 0 Å². The fourth-order valence-corrected chi connectivity index (χ4v) is 5.34. The Kier molecular flexibility index (Phi) is 0.485. The summed E-state index contributed by atoms with van der Waals surface area (Å²) in [5.74, 6) is -3.81. The Labute approximate surface area is 73.3 Å². The summed E-state index contributed by atoms with van der Waals surface area (Å²) >= 11 is 0. The Bertz CT molecular complexity index is 397. The topological polar surface area (TPSA) is 0 Å². The van der Waals surface area contributed by atoms with Crippen molar-refractivity contribution < 1.29 is 26.3 Å². The Morgan fingerprint density at radius 1 is 0.571 bits per heavy atom. The summed E-state index contributed by atoms with van der Waals surface area (Å²) in [5, 5.41) is 0. The van der Waals surface area contributed by atoms with Gasteiger partial charge < -0.3 is 0 Å². The summed E-state index contributed by atoms with van der Waals surface area (Å²) < 4.78 is 80.8. The van der Waals surface area contributed by atoms with Gasteiger partial charge in [-0.25, -0.2) is 26.3 Å². The van der Waals surface area contributed by atoms with Gasteiger partial charge in [0.2, 0.25) is 22.7 Å². The summed E-state index contributed by atoms with van der Waals surface area (Å²) in [6.45, 7) is 0. The second-order valence-corrected chi connectivity index (χ2v) is 5.14. The molecule has 6 aliphatic rings. The lowest BCUT2D eigenvalue weighted by atomic mass is 8.94. The van der Waals surface area contributed by atoms with Crippen LogP contribution >= 0.6 is 0 Å². The minimum atomic E-state index is -3.40. The molecule has 6 fully saturated rings. The van der Waals surface area contributed by atoms with E-state index in [9.17, 15) is 26.3 Å². The standard InChI is InChI=1S/C8H2F6/c9-3-1-4(10)2(3)6(12)7(3,13)5(1,11)8(4,6)14/h1-2H. The summed E-state index contributed by atoms with van der Waals surface area (Å²) in [4.78, 5) is 0. The van der Waals surface area contributed by atoms with Crippen molar-refractivity contribution in [3.63, 3.8) is 0 Å². The van der Waals surface area contributed by atoms with Crippen LogP contribution in [0.2, 0.25) is 0 Å². The van der Waals surface area contributed by atoms with Crippen molar-refractivity contribution in [2.45, 2.75) is 34.0 Å². The Morgan fingerprint density at radius 2 is 0.857 bits per heavy atom. The molecular formula is C8H2F6. The van der Waals surface area contributed by atoms with E-state index in [2.05, 4.69) is 0 Å². The van der Waals surface area contributed by atoms with Gasteiger partial charge >= 0.3 is 0 Å². The highest BCUT2D eigenvalue weighted by Gasteiger charge is 3.39. The van der Waals surface area contributed by atoms with Crippen LogP contribution in [0.3, 0.4) is 0 Å². The van der Waals surface area contributed by atoms with Crippen molar-refractivity contribution in [3.8, 4) is 0 Å². The maximum atomic E-state index is 13.5. The fourth-order valence-electron chi connectivity index (χ4n) is 5.34. The van der Waals surface area contributed by atoms with Crippen LogP contribution in [0.1, 0.15) is 0 Å². The van der Waals surface area contributed by atoms with Crippen molar-refractivity contribution in [2.24, 2.45) is 11.8 Å². The molecule has 14 heavy (non-hydrogen) atoms. The maximum Gasteiger partial charge on any atom is 0.220 e. The van der Waals surface area contributed by atoms with E-state index < -0.39 is 45.8 Å². The van der Waals surface area contributed by atoms with Crippen molar-refractivity contribution in [2.75, 3.05) is 0 Å². The van der Waals surface area contributed by atoms with Crippen molar-refractivity contribution >= 4 is 0 Å². The molecule has 6 aliphatic carbocycles. The van der Waals surface area contributed by atoms with Crippen molar-refractivity contribution in [3.05, 3.63) is 0 Å². The number of hydrogen-bond acceptors (Lipinski definition) is 0. The first kappa shape index (κ1) is 6.95. The molecule has 0 aromatic carbocycles. The van der Waals surface area contributed by atoms with Crippen LogP contribution in [0.15, 0.2) is 0 Å². The molecule has 0 radical (unpaired) electrons. The van der Waals surface area contributed by atoms with Gasteiger partial charge in [0.25, 0.3) is 0 Å². The highest BCUT2D eigenvalue weighted by atomic mass is 19.2. The molecule has 0 unspecified atom stereocenters. The SMILES string of the molecule is FC12C3C4(F)C1C1(F)C2(F)C3(F)C41F. The third-order valence-corrected chi connectivity index (χ3v) is 5.54. The Morgan fingerprint density at radius 3 is 1.14 bits per heavy atom. The molecule has 76 valence electrons. The van der Waals surface area contributed by atoms with Gasteiger partial charge in [0.15, 0.2) is 11.3 Å². The zero-order valence-corrected chi connectivity index (χ0v) is 6.42. The zero-order chi connectivity index (χ0) is 10.2. The molecule has 0 spiro atoms. The molecule has 0 heterocycles. The second-order valence-electron chi connectivity index (χ2n) is 5.14. The fraction of sp³-hybridized carbons (Fsp3) is 1.00. The molecule has 0 atom stereocenters. The molecular weight excluding hydrogens is 210 g/mol. The normalized spacial score (nSPS) is 99.0. The summed E-state index contributed by atoms with van der Waals surface area (Å²) in [6.07, 6.45) is 0. The summed E-state index contributed by atoms with van der Waals surface area (Å²) in [5.41, 5.74) is -18.8. The van der Waals surface area contributed by atoms with E-state index in [0.29, 0.717) is 0 Å². The van der Waals surface area contributed by atoms with Gasteiger partial charge in [-0.05, 0) is 0 Å². The predicted octanol–water partition coefficient (Wildman–Crippen LogP) is 1.54. The van der Waals surface area contributed by atoms with Gasteiger partial charge in [-0.2, -0.15) is 0 Å². The lowest BCUT2D eigenvalue weighted by Gasteiger charge is -3.10. The first-order valence-corrected chi connectivity index (χ1v) is 4.37. The minimum Gasteiger partial charge on any atom is -0.239 e. The lowest BCUT2D eigenvalue weighted by Crippen LogP contribution is -3.36. The van der Waals surface area contributed by atoms with E-state index in [1.165, 1.54) is 0 Å². The molecule has 0 bridgehead atoms. The van der Waals surface area contributed by atoms with E-state index in [0.717, 1.165) is 0 Å². The summed E-state index contributed by atoms with van der Waals surface area (Å²) in [6, 6.07) is 0. The smallest absolute Gasteiger partial charge is 0.220 e. The minimum absolute atomic E-state index is 1.90.